The summed E-state index contributed by atoms with van der Waals surface area (Å²) in [5.74, 6) is 0.953. The Morgan fingerprint density at radius 1 is 1.08 bits per heavy atom. The van der Waals surface area contributed by atoms with E-state index in [1.165, 1.54) is 18.2 Å². The number of methoxy groups -OCH3 is 1. The molecule has 0 amide bonds. The van der Waals surface area contributed by atoms with E-state index in [9.17, 15) is 0 Å². The fourth-order valence-corrected chi connectivity index (χ4v) is 2.42. The summed E-state index contributed by atoms with van der Waals surface area (Å²) in [5.41, 5.74) is 9.59. The summed E-state index contributed by atoms with van der Waals surface area (Å²) in [4.78, 5) is 12.9. The molecule has 6 heteroatoms. The Kier molecular flexibility index (Phi) is 5.43. The predicted molar refractivity (Wildman–Crippen MR) is 106 cm³/mol. The zero-order valence-electron chi connectivity index (χ0n) is 14.8. The van der Waals surface area contributed by atoms with E-state index in [4.69, 9.17) is 10.5 Å². The van der Waals surface area contributed by atoms with Crippen molar-refractivity contribution in [3.05, 3.63) is 65.7 Å². The minimum Gasteiger partial charge on any atom is -0.479 e. The number of hydrogen-bond acceptors (Lipinski definition) is 6. The van der Waals surface area contributed by atoms with Crippen molar-refractivity contribution in [1.29, 1.82) is 0 Å². The molecule has 0 radical (unpaired) electrons. The molecule has 0 unspecified atom stereocenters. The maximum atomic E-state index is 5.80. The molecule has 1 aromatic heterocycles. The summed E-state index contributed by atoms with van der Waals surface area (Å²) in [6.45, 7) is 2.07. The van der Waals surface area contributed by atoms with Gasteiger partial charge in [-0.1, -0.05) is 48.0 Å². The third kappa shape index (κ3) is 4.36. The molecule has 26 heavy (non-hydrogen) atoms. The van der Waals surface area contributed by atoms with Gasteiger partial charge in [0.25, 0.3) is 0 Å². The van der Waals surface area contributed by atoms with E-state index >= 15 is 0 Å². The second-order valence-electron chi connectivity index (χ2n) is 5.78. The highest BCUT2D eigenvalue weighted by Gasteiger charge is 2.13. The lowest BCUT2D eigenvalue weighted by molar-refractivity contribution is 0.399. The Bertz CT molecular complexity index is 892. The van der Waals surface area contributed by atoms with E-state index < -0.39 is 0 Å². The molecule has 3 rings (SSSR count). The van der Waals surface area contributed by atoms with Crippen LogP contribution in [0.25, 0.3) is 0 Å². The number of hydrogen-bond donors (Lipinski definition) is 2. The number of nitrogens with one attached hydrogen (secondary N) is 1. The topological polar surface area (TPSA) is 85.4 Å². The van der Waals surface area contributed by atoms with Crippen molar-refractivity contribution in [1.82, 2.24) is 9.97 Å². The molecule has 3 aromatic rings. The SMILES string of the molecule is COc1nc(N)nc(Nc2ccccc2)c1N=CCc1ccc(C)cc1. The van der Waals surface area contributed by atoms with Crippen LogP contribution in [0.3, 0.4) is 0 Å². The number of nitrogens with zero attached hydrogens (tertiary/aromatic N) is 3. The van der Waals surface area contributed by atoms with Crippen molar-refractivity contribution in [2.45, 2.75) is 13.3 Å². The quantitative estimate of drug-likeness (QED) is 0.657. The van der Waals surface area contributed by atoms with E-state index in [0.29, 0.717) is 23.8 Å². The summed E-state index contributed by atoms with van der Waals surface area (Å²) in [6.07, 6.45) is 2.51. The number of para-hydroxylation sites is 1. The van der Waals surface area contributed by atoms with Gasteiger partial charge in [-0.3, -0.25) is 4.99 Å². The van der Waals surface area contributed by atoms with Crippen LogP contribution in [-0.4, -0.2) is 23.3 Å². The molecular formula is C20H21N5O. The summed E-state index contributed by atoms with van der Waals surface area (Å²) >= 11 is 0. The van der Waals surface area contributed by atoms with Crippen LogP contribution in [-0.2, 0) is 6.42 Å². The van der Waals surface area contributed by atoms with E-state index in [0.717, 1.165) is 5.69 Å². The normalized spacial score (nSPS) is 10.8. The Balaban J connectivity index is 1.88. The first-order valence-electron chi connectivity index (χ1n) is 8.27. The highest BCUT2D eigenvalue weighted by molar-refractivity contribution is 5.78. The van der Waals surface area contributed by atoms with E-state index in [1.54, 1.807) is 0 Å². The largest absolute Gasteiger partial charge is 0.479 e. The average Bonchev–Trinajstić information content (AvgIpc) is 2.65. The van der Waals surface area contributed by atoms with Crippen molar-refractivity contribution in [3.8, 4) is 5.88 Å². The number of aromatic nitrogens is 2. The molecule has 132 valence electrons. The standard InChI is InChI=1S/C20H21N5O/c1-14-8-10-15(11-9-14)12-13-22-17-18(23-16-6-4-3-5-7-16)24-20(21)25-19(17)26-2/h3-11,13H,12H2,1-2H3,(H3,21,23,24,25). The maximum absolute atomic E-state index is 5.80. The minimum absolute atomic E-state index is 0.123. The number of anilines is 3. The fraction of sp³-hybridized carbons (Fsp3) is 0.150. The van der Waals surface area contributed by atoms with Crippen LogP contribution in [0.2, 0.25) is 0 Å². The molecule has 0 saturated carbocycles. The van der Waals surface area contributed by atoms with Crippen LogP contribution in [0.4, 0.5) is 23.1 Å². The van der Waals surface area contributed by atoms with Crippen molar-refractivity contribution < 1.29 is 4.74 Å². The molecule has 0 spiro atoms. The summed E-state index contributed by atoms with van der Waals surface area (Å²) in [6, 6.07) is 18.0. The monoisotopic (exact) mass is 347 g/mol. The number of ether oxygens (including phenoxy) is 1. The molecule has 6 nitrogen and oxygen atoms in total. The molecule has 0 saturated heterocycles. The number of nitrogens with two attached hydrogens (primary N) is 1. The van der Waals surface area contributed by atoms with Crippen LogP contribution in [0, 0.1) is 6.92 Å². The Morgan fingerprint density at radius 2 is 1.81 bits per heavy atom. The van der Waals surface area contributed by atoms with Crippen molar-refractivity contribution in [3.63, 3.8) is 0 Å². The third-order valence-corrected chi connectivity index (χ3v) is 3.77. The van der Waals surface area contributed by atoms with Gasteiger partial charge in [0, 0.05) is 18.3 Å². The van der Waals surface area contributed by atoms with Gasteiger partial charge >= 0.3 is 0 Å². The van der Waals surface area contributed by atoms with Crippen LogP contribution >= 0.6 is 0 Å². The molecule has 0 atom stereocenters. The van der Waals surface area contributed by atoms with Gasteiger partial charge in [-0.05, 0) is 24.6 Å². The number of rotatable bonds is 6. The highest BCUT2D eigenvalue weighted by Crippen LogP contribution is 2.34. The molecule has 0 bridgehead atoms. The van der Waals surface area contributed by atoms with E-state index in [1.807, 2.05) is 36.5 Å². The first-order valence-corrected chi connectivity index (χ1v) is 8.27. The average molecular weight is 347 g/mol. The zero-order chi connectivity index (χ0) is 18.4. The number of nitrogen functional groups attached to an aromatic ring is 1. The van der Waals surface area contributed by atoms with Gasteiger partial charge in [-0.2, -0.15) is 9.97 Å². The fourth-order valence-electron chi connectivity index (χ4n) is 2.42. The molecule has 0 aliphatic carbocycles. The first kappa shape index (κ1) is 17.4. The zero-order valence-corrected chi connectivity index (χ0v) is 14.8. The van der Waals surface area contributed by atoms with Crippen LogP contribution in [0.15, 0.2) is 59.6 Å². The van der Waals surface area contributed by atoms with Crippen LogP contribution in [0.1, 0.15) is 11.1 Å². The van der Waals surface area contributed by atoms with Gasteiger partial charge in [0.05, 0.1) is 7.11 Å². The first-order chi connectivity index (χ1) is 12.7. The number of aryl methyl sites for hydroxylation is 1. The van der Waals surface area contributed by atoms with Crippen LogP contribution in [0.5, 0.6) is 5.88 Å². The lowest BCUT2D eigenvalue weighted by Gasteiger charge is -2.11. The number of aliphatic imine (C=N–C) groups is 1. The number of benzene rings is 2. The van der Waals surface area contributed by atoms with Crippen molar-refractivity contribution in [2.75, 3.05) is 18.2 Å². The van der Waals surface area contributed by atoms with Gasteiger partial charge in [-0.15, -0.1) is 0 Å². The van der Waals surface area contributed by atoms with Crippen LogP contribution < -0.4 is 15.8 Å². The predicted octanol–water partition coefficient (Wildman–Crippen LogP) is 4.06. The smallest absolute Gasteiger partial charge is 0.246 e. The van der Waals surface area contributed by atoms with Gasteiger partial charge in [0.1, 0.15) is 0 Å². The van der Waals surface area contributed by atoms with E-state index in [-0.39, 0.29) is 5.95 Å². The molecule has 0 fully saturated rings. The summed E-state index contributed by atoms with van der Waals surface area (Å²) in [7, 11) is 1.53. The highest BCUT2D eigenvalue weighted by atomic mass is 16.5. The molecule has 3 N–H and O–H groups in total. The molecule has 0 aliphatic rings. The minimum atomic E-state index is 0.123. The molecule has 1 heterocycles. The molecular weight excluding hydrogens is 326 g/mol. The Hall–Kier alpha value is -3.41. The lowest BCUT2D eigenvalue weighted by atomic mass is 10.1. The van der Waals surface area contributed by atoms with Crippen molar-refractivity contribution in [2.24, 2.45) is 4.99 Å². The third-order valence-electron chi connectivity index (χ3n) is 3.77. The summed E-state index contributed by atoms with van der Waals surface area (Å²) < 4.78 is 5.34. The Morgan fingerprint density at radius 3 is 2.50 bits per heavy atom. The van der Waals surface area contributed by atoms with Crippen molar-refractivity contribution >= 4 is 29.4 Å². The molecule has 0 aliphatic heterocycles. The second-order valence-corrected chi connectivity index (χ2v) is 5.78. The van der Waals surface area contributed by atoms with Gasteiger partial charge in [0.15, 0.2) is 11.5 Å². The Labute approximate surface area is 152 Å². The lowest BCUT2D eigenvalue weighted by Crippen LogP contribution is -2.03. The van der Waals surface area contributed by atoms with E-state index in [2.05, 4.69) is 51.5 Å². The molecule has 2 aromatic carbocycles. The second kappa shape index (κ2) is 8.11. The van der Waals surface area contributed by atoms with Gasteiger partial charge in [-0.25, -0.2) is 0 Å². The van der Waals surface area contributed by atoms with Gasteiger partial charge in [0.2, 0.25) is 11.8 Å². The maximum Gasteiger partial charge on any atom is 0.246 e. The summed E-state index contributed by atoms with van der Waals surface area (Å²) in [5, 5.41) is 3.22. The van der Waals surface area contributed by atoms with Gasteiger partial charge < -0.3 is 15.8 Å².